The zero-order chi connectivity index (χ0) is 20.2. The number of anilines is 3. The zero-order valence-corrected chi connectivity index (χ0v) is 16.8. The molecule has 6 nitrogen and oxygen atoms in total. The highest BCUT2D eigenvalue weighted by atomic mass is 16.2. The molecule has 1 saturated heterocycles. The number of hydrogen-bond donors (Lipinski definition) is 1. The molecular formula is C23H25N5O. The Labute approximate surface area is 171 Å². The van der Waals surface area contributed by atoms with Crippen LogP contribution in [0, 0.1) is 6.92 Å². The van der Waals surface area contributed by atoms with E-state index < -0.39 is 0 Å². The van der Waals surface area contributed by atoms with Crippen molar-refractivity contribution in [2.24, 2.45) is 0 Å². The first kappa shape index (κ1) is 18.9. The molecule has 1 fully saturated rings. The van der Waals surface area contributed by atoms with Crippen LogP contribution in [0.3, 0.4) is 0 Å². The summed E-state index contributed by atoms with van der Waals surface area (Å²) in [6.45, 7) is 6.63. The molecule has 0 unspecified atom stereocenters. The minimum atomic E-state index is 0.124. The monoisotopic (exact) mass is 387 g/mol. The van der Waals surface area contributed by atoms with Gasteiger partial charge in [0.2, 0.25) is 5.91 Å². The second-order valence-corrected chi connectivity index (χ2v) is 7.23. The number of aromatic nitrogens is 2. The van der Waals surface area contributed by atoms with E-state index in [-0.39, 0.29) is 5.91 Å². The lowest BCUT2D eigenvalue weighted by Crippen LogP contribution is -2.48. The highest BCUT2D eigenvalue weighted by Gasteiger charge is 2.21. The predicted molar refractivity (Wildman–Crippen MR) is 116 cm³/mol. The molecule has 0 spiro atoms. The van der Waals surface area contributed by atoms with Crippen molar-refractivity contribution in [3.63, 3.8) is 0 Å². The largest absolute Gasteiger partial charge is 0.353 e. The van der Waals surface area contributed by atoms with Crippen LogP contribution in [0.2, 0.25) is 0 Å². The third kappa shape index (κ3) is 4.37. The van der Waals surface area contributed by atoms with Crippen molar-refractivity contribution in [3.8, 4) is 11.4 Å². The number of hydrogen-bond acceptors (Lipinski definition) is 5. The number of nitrogens with zero attached hydrogens (tertiary/aromatic N) is 4. The summed E-state index contributed by atoms with van der Waals surface area (Å²) in [5.74, 6) is 2.45. The second kappa shape index (κ2) is 8.31. The molecule has 6 heteroatoms. The van der Waals surface area contributed by atoms with Gasteiger partial charge in [-0.25, -0.2) is 9.97 Å². The van der Waals surface area contributed by atoms with Crippen LogP contribution in [0.1, 0.15) is 12.5 Å². The maximum absolute atomic E-state index is 11.6. The molecule has 0 aliphatic carbocycles. The summed E-state index contributed by atoms with van der Waals surface area (Å²) in [5, 5.41) is 3.45. The molecule has 148 valence electrons. The van der Waals surface area contributed by atoms with Gasteiger partial charge in [-0.15, -0.1) is 0 Å². The van der Waals surface area contributed by atoms with Crippen LogP contribution in [0.15, 0.2) is 60.7 Å². The molecule has 0 atom stereocenters. The van der Waals surface area contributed by atoms with Gasteiger partial charge in [-0.1, -0.05) is 48.5 Å². The van der Waals surface area contributed by atoms with Gasteiger partial charge in [-0.2, -0.15) is 0 Å². The Balaban J connectivity index is 1.67. The molecule has 0 saturated carbocycles. The standard InChI is InChI=1S/C23H25N5O/c1-17-8-6-7-11-20(17)24-21-16-22(28-14-12-27(13-15-28)18(2)29)26-23(25-21)19-9-4-3-5-10-19/h3-11,16H,12-15H2,1-2H3,(H,24,25,26). The Morgan fingerprint density at radius 3 is 2.31 bits per heavy atom. The molecule has 1 N–H and O–H groups in total. The second-order valence-electron chi connectivity index (χ2n) is 7.23. The molecule has 1 aromatic heterocycles. The number of nitrogens with one attached hydrogen (secondary N) is 1. The van der Waals surface area contributed by atoms with Gasteiger partial charge in [0.15, 0.2) is 5.82 Å². The molecule has 2 heterocycles. The number of para-hydroxylation sites is 1. The van der Waals surface area contributed by atoms with E-state index in [4.69, 9.17) is 9.97 Å². The van der Waals surface area contributed by atoms with E-state index >= 15 is 0 Å². The smallest absolute Gasteiger partial charge is 0.219 e. The summed E-state index contributed by atoms with van der Waals surface area (Å²) in [5.41, 5.74) is 3.16. The molecule has 1 amide bonds. The fraction of sp³-hybridized carbons (Fsp3) is 0.261. The number of amides is 1. The van der Waals surface area contributed by atoms with E-state index in [1.54, 1.807) is 6.92 Å². The average Bonchev–Trinajstić information content (AvgIpc) is 2.76. The Kier molecular flexibility index (Phi) is 5.42. The van der Waals surface area contributed by atoms with E-state index in [1.807, 2.05) is 59.5 Å². The Bertz CT molecular complexity index is 997. The van der Waals surface area contributed by atoms with Gasteiger partial charge in [-0.05, 0) is 18.6 Å². The Hall–Kier alpha value is -3.41. The molecule has 4 rings (SSSR count). The van der Waals surface area contributed by atoms with Crippen LogP contribution in [0.4, 0.5) is 17.3 Å². The summed E-state index contributed by atoms with van der Waals surface area (Å²) >= 11 is 0. The number of carbonyl (C=O) groups excluding carboxylic acids is 1. The molecular weight excluding hydrogens is 362 g/mol. The summed E-state index contributed by atoms with van der Waals surface area (Å²) in [6, 6.07) is 20.1. The number of piperazine rings is 1. The number of benzene rings is 2. The fourth-order valence-corrected chi connectivity index (χ4v) is 3.48. The van der Waals surface area contributed by atoms with Gasteiger partial charge in [0.1, 0.15) is 11.6 Å². The summed E-state index contributed by atoms with van der Waals surface area (Å²) in [6.07, 6.45) is 0. The van der Waals surface area contributed by atoms with E-state index in [2.05, 4.69) is 23.2 Å². The first-order valence-electron chi connectivity index (χ1n) is 9.88. The van der Waals surface area contributed by atoms with Crippen molar-refractivity contribution < 1.29 is 4.79 Å². The molecule has 1 aliphatic rings. The highest BCUT2D eigenvalue weighted by molar-refractivity contribution is 5.73. The molecule has 0 radical (unpaired) electrons. The third-order valence-corrected chi connectivity index (χ3v) is 5.20. The van der Waals surface area contributed by atoms with Crippen molar-refractivity contribution in [3.05, 3.63) is 66.2 Å². The third-order valence-electron chi connectivity index (χ3n) is 5.20. The first-order valence-corrected chi connectivity index (χ1v) is 9.88. The minimum Gasteiger partial charge on any atom is -0.353 e. The van der Waals surface area contributed by atoms with Crippen molar-refractivity contribution in [2.45, 2.75) is 13.8 Å². The van der Waals surface area contributed by atoms with E-state index in [0.717, 1.165) is 41.5 Å². The normalized spacial score (nSPS) is 14.0. The van der Waals surface area contributed by atoms with Crippen LogP contribution < -0.4 is 10.2 Å². The van der Waals surface area contributed by atoms with Crippen molar-refractivity contribution >= 4 is 23.2 Å². The molecule has 2 aromatic carbocycles. The van der Waals surface area contributed by atoms with Crippen LogP contribution in [0.5, 0.6) is 0 Å². The number of carbonyl (C=O) groups is 1. The molecule has 1 aliphatic heterocycles. The van der Waals surface area contributed by atoms with E-state index in [0.29, 0.717) is 18.9 Å². The summed E-state index contributed by atoms with van der Waals surface area (Å²) in [4.78, 5) is 25.3. The molecule has 0 bridgehead atoms. The molecule has 29 heavy (non-hydrogen) atoms. The summed E-state index contributed by atoms with van der Waals surface area (Å²) < 4.78 is 0. The Morgan fingerprint density at radius 2 is 1.62 bits per heavy atom. The van der Waals surface area contributed by atoms with Crippen molar-refractivity contribution in [1.29, 1.82) is 0 Å². The van der Waals surface area contributed by atoms with Crippen LogP contribution in [-0.2, 0) is 4.79 Å². The lowest BCUT2D eigenvalue weighted by Gasteiger charge is -2.35. The zero-order valence-electron chi connectivity index (χ0n) is 16.8. The van der Waals surface area contributed by atoms with Crippen molar-refractivity contribution in [2.75, 3.05) is 36.4 Å². The highest BCUT2D eigenvalue weighted by Crippen LogP contribution is 2.26. The maximum Gasteiger partial charge on any atom is 0.219 e. The van der Waals surface area contributed by atoms with Crippen LogP contribution in [0.25, 0.3) is 11.4 Å². The SMILES string of the molecule is CC(=O)N1CCN(c2cc(Nc3ccccc3C)nc(-c3ccccc3)n2)CC1. The van der Waals surface area contributed by atoms with Gasteiger partial charge in [0.05, 0.1) is 0 Å². The lowest BCUT2D eigenvalue weighted by molar-refractivity contribution is -0.129. The van der Waals surface area contributed by atoms with Crippen LogP contribution >= 0.6 is 0 Å². The van der Waals surface area contributed by atoms with Gasteiger partial charge >= 0.3 is 0 Å². The van der Waals surface area contributed by atoms with Gasteiger partial charge in [0, 0.05) is 50.4 Å². The Morgan fingerprint density at radius 1 is 0.931 bits per heavy atom. The maximum atomic E-state index is 11.6. The lowest BCUT2D eigenvalue weighted by atomic mass is 10.2. The van der Waals surface area contributed by atoms with Gasteiger partial charge in [-0.3, -0.25) is 4.79 Å². The number of aryl methyl sites for hydroxylation is 1. The van der Waals surface area contributed by atoms with Crippen LogP contribution in [-0.4, -0.2) is 47.0 Å². The summed E-state index contributed by atoms with van der Waals surface area (Å²) in [7, 11) is 0. The topological polar surface area (TPSA) is 61.4 Å². The molecule has 3 aromatic rings. The van der Waals surface area contributed by atoms with Gasteiger partial charge in [0.25, 0.3) is 0 Å². The minimum absolute atomic E-state index is 0.124. The quantitative estimate of drug-likeness (QED) is 0.736. The predicted octanol–water partition coefficient (Wildman–Crippen LogP) is 3.86. The van der Waals surface area contributed by atoms with Crippen molar-refractivity contribution in [1.82, 2.24) is 14.9 Å². The number of rotatable bonds is 4. The fourth-order valence-electron chi connectivity index (χ4n) is 3.48. The van der Waals surface area contributed by atoms with E-state index in [1.165, 1.54) is 0 Å². The van der Waals surface area contributed by atoms with E-state index in [9.17, 15) is 4.79 Å². The average molecular weight is 387 g/mol. The first-order chi connectivity index (χ1) is 14.1. The van der Waals surface area contributed by atoms with Gasteiger partial charge < -0.3 is 15.1 Å².